The molecule has 0 saturated carbocycles. The summed E-state index contributed by atoms with van der Waals surface area (Å²) in [7, 11) is 0. The number of nitrogens with zero attached hydrogens (tertiary/aromatic N) is 3. The molecule has 2 aliphatic rings. The lowest BCUT2D eigenvalue weighted by Crippen LogP contribution is -2.48. The van der Waals surface area contributed by atoms with Crippen LogP contribution in [-0.2, 0) is 14.3 Å². The molecule has 1 aromatic heterocycles. The van der Waals surface area contributed by atoms with Crippen molar-refractivity contribution in [2.45, 2.75) is 24.9 Å². The predicted octanol–water partition coefficient (Wildman–Crippen LogP) is 3.42. The fraction of sp³-hybridized carbons (Fsp3) is 0.375. The van der Waals surface area contributed by atoms with Gasteiger partial charge in [-0.3, -0.25) is 9.69 Å². The standard InChI is InChI=1S/C30H34F2N4O2.C2H2O4/c31-24-9-5-22(6-10-24)26(23-7-11-25(32)12-8-23)4-2-15-35-16-18-36(19-17-35)30-27(3-1-13-34-30)29(37)28-21-33-14-20-38-28;3-1(4)2(5)6/h1,3,5-13,26,28,33H,2,4,14-21H2;(H,3,4)(H,5,6). The number of carbonyl (C=O) groups excluding carboxylic acids is 1. The first kappa shape index (κ1) is 32.6. The lowest BCUT2D eigenvalue weighted by Gasteiger charge is -2.36. The Labute approximate surface area is 254 Å². The molecule has 3 heterocycles. The first-order chi connectivity index (χ1) is 21.2. The van der Waals surface area contributed by atoms with Crippen LogP contribution in [0.2, 0.25) is 0 Å². The van der Waals surface area contributed by atoms with Crippen molar-refractivity contribution in [2.75, 3.05) is 57.3 Å². The molecule has 1 unspecified atom stereocenters. The van der Waals surface area contributed by atoms with Crippen LogP contribution in [0.1, 0.15) is 40.2 Å². The van der Waals surface area contributed by atoms with Crippen LogP contribution in [0.5, 0.6) is 0 Å². The highest BCUT2D eigenvalue weighted by molar-refractivity contribution is 6.27. The maximum absolute atomic E-state index is 13.5. The van der Waals surface area contributed by atoms with Crippen LogP contribution in [0, 0.1) is 11.6 Å². The van der Waals surface area contributed by atoms with Crippen molar-refractivity contribution in [3.05, 3.63) is 95.2 Å². The Bertz CT molecular complexity index is 1340. The molecule has 2 saturated heterocycles. The first-order valence-electron chi connectivity index (χ1n) is 14.5. The van der Waals surface area contributed by atoms with Crippen LogP contribution in [0.25, 0.3) is 0 Å². The van der Waals surface area contributed by atoms with E-state index >= 15 is 0 Å². The van der Waals surface area contributed by atoms with E-state index in [1.807, 2.05) is 36.4 Å². The highest BCUT2D eigenvalue weighted by atomic mass is 19.1. The number of hydrogen-bond acceptors (Lipinski definition) is 8. The molecule has 0 radical (unpaired) electrons. The molecule has 1 atom stereocenters. The van der Waals surface area contributed by atoms with Crippen molar-refractivity contribution >= 4 is 23.5 Å². The Hall–Kier alpha value is -4.26. The molecule has 12 heteroatoms. The maximum Gasteiger partial charge on any atom is 0.414 e. The van der Waals surface area contributed by atoms with E-state index < -0.39 is 18.0 Å². The molecule has 3 aromatic rings. The number of pyridine rings is 1. The van der Waals surface area contributed by atoms with Gasteiger partial charge in [-0.2, -0.15) is 0 Å². The number of Topliss-reactive ketones (excluding diaryl/α,β-unsaturated/α-hetero) is 1. The molecule has 0 aliphatic carbocycles. The molecule has 3 N–H and O–H groups in total. The second kappa shape index (κ2) is 16.0. The van der Waals surface area contributed by atoms with Gasteiger partial charge in [-0.15, -0.1) is 0 Å². The van der Waals surface area contributed by atoms with Crippen molar-refractivity contribution in [1.29, 1.82) is 0 Å². The number of carbonyl (C=O) groups is 3. The van der Waals surface area contributed by atoms with Gasteiger partial charge in [0.05, 0.1) is 12.2 Å². The third-order valence-electron chi connectivity index (χ3n) is 7.64. The van der Waals surface area contributed by atoms with Gasteiger partial charge in [0.1, 0.15) is 23.6 Å². The number of benzene rings is 2. The molecular formula is C32H36F2N4O6. The average Bonchev–Trinajstić information content (AvgIpc) is 3.05. The molecule has 44 heavy (non-hydrogen) atoms. The molecule has 0 spiro atoms. The van der Waals surface area contributed by atoms with Crippen molar-refractivity contribution in [1.82, 2.24) is 15.2 Å². The van der Waals surface area contributed by atoms with Crippen LogP contribution in [0.15, 0.2) is 66.9 Å². The number of ether oxygens (including phenoxy) is 1. The number of hydrogen-bond donors (Lipinski definition) is 3. The second-order valence-corrected chi connectivity index (χ2v) is 10.5. The van der Waals surface area contributed by atoms with E-state index in [2.05, 4.69) is 20.1 Å². The number of aliphatic carboxylic acids is 2. The molecule has 10 nitrogen and oxygen atoms in total. The van der Waals surface area contributed by atoms with E-state index in [1.165, 1.54) is 24.3 Å². The van der Waals surface area contributed by atoms with E-state index in [-0.39, 0.29) is 23.3 Å². The second-order valence-electron chi connectivity index (χ2n) is 10.5. The Morgan fingerprint density at radius 1 is 0.909 bits per heavy atom. The Kier molecular flexibility index (Phi) is 11.9. The molecular weight excluding hydrogens is 574 g/mol. The summed E-state index contributed by atoms with van der Waals surface area (Å²) in [5.74, 6) is -3.37. The van der Waals surface area contributed by atoms with E-state index in [0.29, 0.717) is 18.7 Å². The van der Waals surface area contributed by atoms with Gasteiger partial charge in [-0.1, -0.05) is 24.3 Å². The van der Waals surface area contributed by atoms with E-state index in [4.69, 9.17) is 24.5 Å². The number of piperazine rings is 1. The van der Waals surface area contributed by atoms with Crippen LogP contribution in [-0.4, -0.2) is 96.3 Å². The third kappa shape index (κ3) is 9.12. The Morgan fingerprint density at radius 3 is 2.02 bits per heavy atom. The number of anilines is 1. The van der Waals surface area contributed by atoms with Gasteiger partial charge >= 0.3 is 11.9 Å². The Balaban J connectivity index is 0.000000670. The summed E-state index contributed by atoms with van der Waals surface area (Å²) >= 11 is 0. The minimum Gasteiger partial charge on any atom is -0.473 e. The smallest absolute Gasteiger partial charge is 0.414 e. The van der Waals surface area contributed by atoms with Gasteiger partial charge in [-0.05, 0) is 66.9 Å². The molecule has 0 bridgehead atoms. The highest BCUT2D eigenvalue weighted by Crippen LogP contribution is 2.30. The Morgan fingerprint density at radius 2 is 1.50 bits per heavy atom. The van der Waals surface area contributed by atoms with Crippen LogP contribution in [0.4, 0.5) is 14.6 Å². The quantitative estimate of drug-likeness (QED) is 0.245. The molecule has 0 amide bonds. The SMILES string of the molecule is O=C(O)C(=O)O.O=C(c1cccnc1N1CCN(CCCC(c2ccc(F)cc2)c2ccc(F)cc2)CC1)C1CNCCO1. The highest BCUT2D eigenvalue weighted by Gasteiger charge is 2.28. The van der Waals surface area contributed by atoms with Gasteiger partial charge in [0.25, 0.3) is 0 Å². The summed E-state index contributed by atoms with van der Waals surface area (Å²) < 4.78 is 32.7. The number of nitrogens with one attached hydrogen (secondary N) is 1. The van der Waals surface area contributed by atoms with Crippen LogP contribution in [0.3, 0.4) is 0 Å². The number of halogens is 2. The van der Waals surface area contributed by atoms with Gasteiger partial charge in [-0.25, -0.2) is 23.4 Å². The van der Waals surface area contributed by atoms with Crippen LogP contribution >= 0.6 is 0 Å². The van der Waals surface area contributed by atoms with Gasteiger partial charge < -0.3 is 25.2 Å². The molecule has 2 aromatic carbocycles. The number of ketones is 1. The summed E-state index contributed by atoms with van der Waals surface area (Å²) in [6, 6.07) is 16.9. The summed E-state index contributed by atoms with van der Waals surface area (Å²) in [5, 5.41) is 18.0. The predicted molar refractivity (Wildman–Crippen MR) is 159 cm³/mol. The number of morpholine rings is 1. The average molecular weight is 611 g/mol. The zero-order valence-electron chi connectivity index (χ0n) is 24.2. The fourth-order valence-corrected chi connectivity index (χ4v) is 5.37. The number of carboxylic acid groups (broad SMARTS) is 2. The minimum absolute atomic E-state index is 0.0182. The minimum atomic E-state index is -1.82. The molecule has 5 rings (SSSR count). The summed E-state index contributed by atoms with van der Waals surface area (Å²) in [6.45, 7) is 6.10. The summed E-state index contributed by atoms with van der Waals surface area (Å²) in [4.78, 5) is 40.5. The monoisotopic (exact) mass is 610 g/mol. The van der Waals surface area contributed by atoms with Crippen LogP contribution < -0.4 is 10.2 Å². The van der Waals surface area contributed by atoms with Crippen molar-refractivity contribution < 1.29 is 38.1 Å². The maximum atomic E-state index is 13.5. The van der Waals surface area contributed by atoms with Gasteiger partial charge in [0.2, 0.25) is 0 Å². The number of aromatic nitrogens is 1. The first-order valence-corrected chi connectivity index (χ1v) is 14.5. The van der Waals surface area contributed by atoms with Crippen molar-refractivity contribution in [3.63, 3.8) is 0 Å². The normalized spacial score (nSPS) is 17.1. The molecule has 234 valence electrons. The summed E-state index contributed by atoms with van der Waals surface area (Å²) in [5.41, 5.74) is 2.69. The summed E-state index contributed by atoms with van der Waals surface area (Å²) in [6.07, 6.45) is 3.11. The van der Waals surface area contributed by atoms with Gasteiger partial charge in [0.15, 0.2) is 5.78 Å². The largest absolute Gasteiger partial charge is 0.473 e. The topological polar surface area (TPSA) is 132 Å². The lowest BCUT2D eigenvalue weighted by molar-refractivity contribution is -0.159. The van der Waals surface area contributed by atoms with Crippen molar-refractivity contribution in [3.8, 4) is 0 Å². The number of rotatable bonds is 9. The third-order valence-corrected chi connectivity index (χ3v) is 7.64. The lowest BCUT2D eigenvalue weighted by atomic mass is 9.87. The van der Waals surface area contributed by atoms with Crippen molar-refractivity contribution in [2.24, 2.45) is 0 Å². The number of carboxylic acids is 2. The van der Waals surface area contributed by atoms with Gasteiger partial charge in [0, 0.05) is 51.4 Å². The zero-order chi connectivity index (χ0) is 31.5. The fourth-order valence-electron chi connectivity index (χ4n) is 5.37. The molecule has 2 fully saturated rings. The van der Waals surface area contributed by atoms with E-state index in [9.17, 15) is 13.6 Å². The van der Waals surface area contributed by atoms with E-state index in [1.54, 1.807) is 6.20 Å². The zero-order valence-corrected chi connectivity index (χ0v) is 24.2. The molecule has 2 aliphatic heterocycles. The van der Waals surface area contributed by atoms with E-state index in [0.717, 1.165) is 69.1 Å².